The van der Waals surface area contributed by atoms with Gasteiger partial charge in [-0.2, -0.15) is 13.2 Å². The molecule has 0 aliphatic carbocycles. The van der Waals surface area contributed by atoms with Crippen molar-refractivity contribution in [1.82, 2.24) is 10.2 Å². The quantitative estimate of drug-likeness (QED) is 0.185. The van der Waals surface area contributed by atoms with Crippen molar-refractivity contribution in [3.63, 3.8) is 0 Å². The van der Waals surface area contributed by atoms with Crippen LogP contribution in [0.4, 0.5) is 18.9 Å². The number of halogens is 3. The van der Waals surface area contributed by atoms with Gasteiger partial charge in [-0.3, -0.25) is 14.7 Å². The lowest BCUT2D eigenvalue weighted by Crippen LogP contribution is -2.70. The van der Waals surface area contributed by atoms with E-state index < -0.39 is 46.1 Å². The molecule has 0 bridgehead atoms. The van der Waals surface area contributed by atoms with Crippen LogP contribution in [0.25, 0.3) is 0 Å². The van der Waals surface area contributed by atoms with E-state index in [1.165, 1.54) is 14.1 Å². The van der Waals surface area contributed by atoms with Gasteiger partial charge >= 0.3 is 6.18 Å². The lowest BCUT2D eigenvalue weighted by atomic mass is 10.0. The molecular weight excluding hydrogens is 477 g/mol. The summed E-state index contributed by atoms with van der Waals surface area (Å²) in [5.74, 6) is -1.26. The largest absolute Gasteiger partial charge is 0.769 e. The molecule has 0 spiro atoms. The molecule has 1 heterocycles. The zero-order valence-electron chi connectivity index (χ0n) is 18.8. The molecule has 0 fully saturated rings. The fraction of sp³-hybridized carbons (Fsp3) is 0.333. The van der Waals surface area contributed by atoms with E-state index in [0.717, 1.165) is 16.4 Å². The third-order valence-corrected chi connectivity index (χ3v) is 5.15. The Bertz CT molecular complexity index is 1140. The Morgan fingerprint density at radius 2 is 2.00 bits per heavy atom. The van der Waals surface area contributed by atoms with Crippen molar-refractivity contribution < 1.29 is 41.2 Å². The number of rotatable bonds is 8. The highest BCUT2D eigenvalue weighted by Crippen LogP contribution is 2.38. The second-order valence-corrected chi connectivity index (χ2v) is 8.22. The van der Waals surface area contributed by atoms with E-state index in [9.17, 15) is 31.8 Å². The molecule has 34 heavy (non-hydrogen) atoms. The molecule has 1 aromatic carbocycles. The van der Waals surface area contributed by atoms with Gasteiger partial charge in [0, 0.05) is 19.5 Å². The number of aryl methyl sites for hydroxylation is 1. The number of amides is 1. The van der Waals surface area contributed by atoms with Crippen LogP contribution in [0.1, 0.15) is 46.8 Å². The number of amidine groups is 1. The molecule has 186 valence electrons. The first kappa shape index (κ1) is 26.9. The Balaban J connectivity index is 2.57. The van der Waals surface area contributed by atoms with Gasteiger partial charge in [-0.05, 0) is 48.7 Å². The molecule has 0 radical (unpaired) electrons. The number of furan rings is 1. The summed E-state index contributed by atoms with van der Waals surface area (Å²) in [7, 11) is 2.47. The second-order valence-electron chi connectivity index (χ2n) is 7.47. The van der Waals surface area contributed by atoms with Crippen LogP contribution < -0.4 is 16.0 Å². The maximum absolute atomic E-state index is 13.4. The van der Waals surface area contributed by atoms with Gasteiger partial charge < -0.3 is 24.3 Å². The van der Waals surface area contributed by atoms with Crippen molar-refractivity contribution in [2.75, 3.05) is 14.1 Å². The van der Waals surface area contributed by atoms with Gasteiger partial charge in [0.1, 0.15) is 17.2 Å². The number of aromatic hydroxyl groups is 1. The number of carbonyl (C=O) groups is 1. The lowest BCUT2D eigenvalue weighted by Gasteiger charge is -2.18. The number of nitrogens with one attached hydrogen (secondary N) is 2. The van der Waals surface area contributed by atoms with Crippen LogP contribution in [0.3, 0.4) is 0 Å². The van der Waals surface area contributed by atoms with E-state index in [0.29, 0.717) is 24.0 Å². The number of carbonyl (C=O) groups excluding carboxylic acids is 1. The Kier molecular flexibility index (Phi) is 8.51. The SMILES string of the molecule is CCC(NC(=CS(=O)[O-])C(N)=[NH+]c1ccc(C(F)(F)F)c(C(=O)N(C)C)c1O)c1ccc(C)o1. The molecular formula is C21H25F3N4O5S. The topological polar surface area (TPSA) is 146 Å². The molecule has 0 aliphatic heterocycles. The molecule has 9 nitrogen and oxygen atoms in total. The molecule has 5 N–H and O–H groups in total. The molecule has 2 unspecified atom stereocenters. The minimum atomic E-state index is -4.91. The van der Waals surface area contributed by atoms with Gasteiger partial charge in [-0.1, -0.05) is 6.92 Å². The molecule has 13 heteroatoms. The van der Waals surface area contributed by atoms with Gasteiger partial charge in [-0.25, -0.2) is 4.99 Å². The normalized spacial score (nSPS) is 14.6. The molecule has 2 atom stereocenters. The maximum atomic E-state index is 13.4. The summed E-state index contributed by atoms with van der Waals surface area (Å²) < 4.78 is 68.6. The van der Waals surface area contributed by atoms with Gasteiger partial charge in [0.05, 0.1) is 17.2 Å². The van der Waals surface area contributed by atoms with Crippen molar-refractivity contribution in [1.29, 1.82) is 0 Å². The van der Waals surface area contributed by atoms with Crippen LogP contribution in [0.2, 0.25) is 0 Å². The van der Waals surface area contributed by atoms with Crippen LogP contribution in [0, 0.1) is 6.92 Å². The average molecular weight is 503 g/mol. The first-order valence-corrected chi connectivity index (χ1v) is 11.1. The van der Waals surface area contributed by atoms with Gasteiger partial charge in [-0.15, -0.1) is 0 Å². The third-order valence-electron chi connectivity index (χ3n) is 4.72. The van der Waals surface area contributed by atoms with E-state index in [4.69, 9.17) is 10.2 Å². The van der Waals surface area contributed by atoms with E-state index in [1.807, 2.05) is 6.92 Å². The predicted octanol–water partition coefficient (Wildman–Crippen LogP) is 1.54. The summed E-state index contributed by atoms with van der Waals surface area (Å²) in [6.07, 6.45) is -4.44. The van der Waals surface area contributed by atoms with Crippen molar-refractivity contribution in [2.45, 2.75) is 32.5 Å². The molecule has 1 aromatic heterocycles. The van der Waals surface area contributed by atoms with Crippen molar-refractivity contribution in [3.8, 4) is 5.75 Å². The fourth-order valence-corrected chi connectivity index (χ4v) is 3.44. The van der Waals surface area contributed by atoms with Gasteiger partial charge in [0.2, 0.25) is 0 Å². The molecule has 2 rings (SSSR count). The number of phenols is 1. The number of phenolic OH excluding ortho intramolecular Hbond substituents is 1. The first-order valence-electron chi connectivity index (χ1n) is 9.93. The van der Waals surface area contributed by atoms with E-state index in [2.05, 4.69) is 10.3 Å². The fourth-order valence-electron chi connectivity index (χ4n) is 3.06. The number of nitrogens with two attached hydrogens (primary N) is 1. The number of hydrogen-bond acceptors (Lipinski definition) is 6. The van der Waals surface area contributed by atoms with Crippen LogP contribution in [0.15, 0.2) is 39.8 Å². The van der Waals surface area contributed by atoms with Crippen LogP contribution in [-0.2, 0) is 17.3 Å². The first-order chi connectivity index (χ1) is 15.8. The highest BCUT2D eigenvalue weighted by Gasteiger charge is 2.38. The number of hydrogen-bond donors (Lipinski definition) is 4. The summed E-state index contributed by atoms with van der Waals surface area (Å²) in [5.41, 5.74) is 3.24. The minimum absolute atomic E-state index is 0.131. The predicted molar refractivity (Wildman–Crippen MR) is 118 cm³/mol. The zero-order valence-corrected chi connectivity index (χ0v) is 19.6. The highest BCUT2D eigenvalue weighted by molar-refractivity contribution is 7.82. The second kappa shape index (κ2) is 10.7. The van der Waals surface area contributed by atoms with Crippen molar-refractivity contribution in [3.05, 3.63) is 58.0 Å². The number of benzene rings is 1. The summed E-state index contributed by atoms with van der Waals surface area (Å²) in [6, 6.07) is 4.44. The zero-order chi connectivity index (χ0) is 25.8. The number of nitrogens with zero attached hydrogens (tertiary/aromatic N) is 1. The standard InChI is InChI=1S/C21H25F3N4O5S/c1-5-13(16-9-6-11(2)33-16)26-15(10-34(31)32)19(25)27-14-8-7-12(21(22,23)24)17(18(14)29)20(30)28(3)4/h6-10,13,26,29H,5H2,1-4H3,(H2,25,27)(H,31,32). The smallest absolute Gasteiger partial charge is 0.417 e. The third kappa shape index (κ3) is 6.38. The van der Waals surface area contributed by atoms with Crippen molar-refractivity contribution in [2.24, 2.45) is 5.73 Å². The maximum Gasteiger partial charge on any atom is 0.417 e. The Hall–Kier alpha value is -3.32. The van der Waals surface area contributed by atoms with Crippen molar-refractivity contribution >= 4 is 28.5 Å². The highest BCUT2D eigenvalue weighted by atomic mass is 32.2. The Morgan fingerprint density at radius 3 is 2.47 bits per heavy atom. The molecule has 0 saturated carbocycles. The number of alkyl halides is 3. The lowest BCUT2D eigenvalue weighted by molar-refractivity contribution is -0.355. The molecule has 1 amide bonds. The monoisotopic (exact) mass is 502 g/mol. The molecule has 0 saturated heterocycles. The van der Waals surface area contributed by atoms with Gasteiger partial charge in [0.25, 0.3) is 11.7 Å². The summed E-state index contributed by atoms with van der Waals surface area (Å²) >= 11 is -2.70. The Morgan fingerprint density at radius 1 is 1.35 bits per heavy atom. The van der Waals surface area contributed by atoms with Crippen LogP contribution >= 0.6 is 0 Å². The van der Waals surface area contributed by atoms with Gasteiger partial charge in [0.15, 0.2) is 11.4 Å². The van der Waals surface area contributed by atoms with E-state index in [-0.39, 0.29) is 17.2 Å². The van der Waals surface area contributed by atoms with Crippen LogP contribution in [0.5, 0.6) is 5.75 Å². The molecule has 0 aliphatic rings. The summed E-state index contributed by atoms with van der Waals surface area (Å²) in [4.78, 5) is 15.7. The van der Waals surface area contributed by atoms with E-state index in [1.54, 1.807) is 19.1 Å². The minimum Gasteiger partial charge on any atom is -0.769 e. The average Bonchev–Trinajstić information content (AvgIpc) is 3.16. The molecule has 2 aromatic rings. The van der Waals surface area contributed by atoms with E-state index >= 15 is 0 Å². The van der Waals surface area contributed by atoms with Crippen LogP contribution in [-0.4, -0.2) is 44.6 Å². The Labute approximate surface area is 196 Å². The summed E-state index contributed by atoms with van der Waals surface area (Å²) in [5, 5.41) is 14.2. The summed E-state index contributed by atoms with van der Waals surface area (Å²) in [6.45, 7) is 3.55.